The van der Waals surface area contributed by atoms with E-state index >= 15 is 0 Å². The Labute approximate surface area is 142 Å². The van der Waals surface area contributed by atoms with E-state index in [2.05, 4.69) is 47.7 Å². The number of nitrogens with two attached hydrogens (primary N) is 1. The van der Waals surface area contributed by atoms with Gasteiger partial charge in [0.1, 0.15) is 0 Å². The smallest absolute Gasteiger partial charge is 0.0685 e. The van der Waals surface area contributed by atoms with Gasteiger partial charge in [-0.05, 0) is 72.2 Å². The number of halogens is 1. The molecule has 21 heavy (non-hydrogen) atoms. The van der Waals surface area contributed by atoms with Crippen LogP contribution >= 0.6 is 22.6 Å². The minimum absolute atomic E-state index is 0.147. The van der Waals surface area contributed by atoms with Crippen molar-refractivity contribution in [3.63, 3.8) is 0 Å². The van der Waals surface area contributed by atoms with E-state index in [0.29, 0.717) is 5.92 Å². The summed E-state index contributed by atoms with van der Waals surface area (Å²) in [4.78, 5) is 0. The first-order valence-corrected chi connectivity index (χ1v) is 9.34. The Balaban J connectivity index is 1.78. The Morgan fingerprint density at radius 2 is 2.05 bits per heavy atom. The van der Waals surface area contributed by atoms with Crippen LogP contribution in [-0.4, -0.2) is 12.2 Å². The lowest BCUT2D eigenvalue weighted by Gasteiger charge is -2.45. The molecule has 1 spiro atoms. The maximum Gasteiger partial charge on any atom is 0.0685 e. The van der Waals surface area contributed by atoms with Crippen LogP contribution in [0.4, 0.5) is 0 Å². The highest BCUT2D eigenvalue weighted by Crippen LogP contribution is 2.44. The maximum atomic E-state index is 6.67. The molecule has 1 aliphatic carbocycles. The molecule has 0 bridgehead atoms. The predicted octanol–water partition coefficient (Wildman–Crippen LogP) is 4.73. The summed E-state index contributed by atoms with van der Waals surface area (Å²) < 4.78 is 7.56. The third-order valence-electron chi connectivity index (χ3n) is 5.38. The average molecular weight is 399 g/mol. The van der Waals surface area contributed by atoms with E-state index in [-0.39, 0.29) is 11.6 Å². The summed E-state index contributed by atoms with van der Waals surface area (Å²) in [6, 6.07) is 6.68. The zero-order chi connectivity index (χ0) is 14.9. The van der Waals surface area contributed by atoms with Crippen molar-refractivity contribution in [2.24, 2.45) is 11.7 Å². The Kier molecular flexibility index (Phi) is 4.91. The van der Waals surface area contributed by atoms with Gasteiger partial charge in [0, 0.05) is 16.2 Å². The quantitative estimate of drug-likeness (QED) is 0.730. The molecule has 0 aromatic heterocycles. The number of hydrogen-bond acceptors (Lipinski definition) is 2. The van der Waals surface area contributed by atoms with Crippen molar-refractivity contribution in [3.8, 4) is 0 Å². The van der Waals surface area contributed by atoms with Gasteiger partial charge in [0.15, 0.2) is 0 Å². The fourth-order valence-electron chi connectivity index (χ4n) is 4.10. The number of rotatable bonds is 2. The van der Waals surface area contributed by atoms with Crippen molar-refractivity contribution < 1.29 is 4.74 Å². The SMILES string of the molecule is Cc1cccc(C(N)C2CCOC3(CCCCC3)C2)c1I. The van der Waals surface area contributed by atoms with Crippen LogP contribution in [0.5, 0.6) is 0 Å². The summed E-state index contributed by atoms with van der Waals surface area (Å²) in [5.74, 6) is 0.562. The van der Waals surface area contributed by atoms with E-state index in [9.17, 15) is 0 Å². The van der Waals surface area contributed by atoms with Crippen molar-refractivity contribution in [3.05, 3.63) is 32.9 Å². The van der Waals surface area contributed by atoms with Gasteiger partial charge in [0.2, 0.25) is 0 Å². The topological polar surface area (TPSA) is 35.2 Å². The molecule has 2 fully saturated rings. The Morgan fingerprint density at radius 1 is 1.29 bits per heavy atom. The van der Waals surface area contributed by atoms with Crippen LogP contribution in [-0.2, 0) is 4.74 Å². The number of aryl methyl sites for hydroxylation is 1. The van der Waals surface area contributed by atoms with Crippen LogP contribution < -0.4 is 5.73 Å². The Bertz CT molecular complexity index is 490. The van der Waals surface area contributed by atoms with Crippen molar-refractivity contribution >= 4 is 22.6 Å². The van der Waals surface area contributed by atoms with Crippen molar-refractivity contribution in [1.82, 2.24) is 0 Å². The van der Waals surface area contributed by atoms with Gasteiger partial charge in [-0.25, -0.2) is 0 Å². The minimum atomic E-state index is 0.147. The molecular formula is C18H26INO. The summed E-state index contributed by atoms with van der Waals surface area (Å²) in [6.07, 6.45) is 8.75. The predicted molar refractivity (Wildman–Crippen MR) is 95.3 cm³/mol. The largest absolute Gasteiger partial charge is 0.375 e. The normalized spacial score (nSPS) is 26.7. The van der Waals surface area contributed by atoms with E-state index in [0.717, 1.165) is 19.4 Å². The van der Waals surface area contributed by atoms with Crippen LogP contribution in [0.1, 0.15) is 62.1 Å². The van der Waals surface area contributed by atoms with E-state index in [1.54, 1.807) is 0 Å². The van der Waals surface area contributed by atoms with E-state index in [1.807, 2.05) is 0 Å². The molecule has 2 aliphatic rings. The maximum absolute atomic E-state index is 6.67. The second-order valence-corrected chi connectivity index (χ2v) is 7.93. The molecule has 2 N–H and O–H groups in total. The standard InChI is InChI=1S/C18H26INO/c1-13-6-5-7-15(16(13)19)17(20)14-8-11-21-18(12-14)9-3-2-4-10-18/h5-7,14,17H,2-4,8-12,20H2,1H3. The van der Waals surface area contributed by atoms with Gasteiger partial charge in [-0.3, -0.25) is 0 Å². The third kappa shape index (κ3) is 3.30. The van der Waals surface area contributed by atoms with Gasteiger partial charge in [-0.15, -0.1) is 0 Å². The lowest BCUT2D eigenvalue weighted by molar-refractivity contribution is -0.120. The molecule has 1 aromatic rings. The van der Waals surface area contributed by atoms with Crippen LogP contribution in [0.15, 0.2) is 18.2 Å². The van der Waals surface area contributed by atoms with Gasteiger partial charge in [-0.1, -0.05) is 37.5 Å². The van der Waals surface area contributed by atoms with E-state index in [1.165, 1.54) is 46.8 Å². The molecule has 2 atom stereocenters. The fourth-order valence-corrected chi connectivity index (χ4v) is 4.82. The Morgan fingerprint density at radius 3 is 2.81 bits per heavy atom. The molecule has 1 aromatic carbocycles. The van der Waals surface area contributed by atoms with Crippen LogP contribution in [0.3, 0.4) is 0 Å². The zero-order valence-corrected chi connectivity index (χ0v) is 15.1. The molecule has 116 valence electrons. The molecule has 0 amide bonds. The van der Waals surface area contributed by atoms with Crippen molar-refractivity contribution in [2.45, 2.75) is 63.5 Å². The highest BCUT2D eigenvalue weighted by molar-refractivity contribution is 14.1. The van der Waals surface area contributed by atoms with Crippen molar-refractivity contribution in [2.75, 3.05) is 6.61 Å². The van der Waals surface area contributed by atoms with Gasteiger partial charge in [0.25, 0.3) is 0 Å². The fraction of sp³-hybridized carbons (Fsp3) is 0.667. The molecule has 1 saturated carbocycles. The number of benzene rings is 1. The summed E-state index contributed by atoms with van der Waals surface area (Å²) in [5.41, 5.74) is 9.48. The lowest BCUT2D eigenvalue weighted by Crippen LogP contribution is -2.44. The monoisotopic (exact) mass is 399 g/mol. The summed E-state index contributed by atoms with van der Waals surface area (Å²) in [6.45, 7) is 3.06. The van der Waals surface area contributed by atoms with E-state index < -0.39 is 0 Å². The highest BCUT2D eigenvalue weighted by atomic mass is 127. The first-order chi connectivity index (χ1) is 10.1. The molecule has 2 unspecified atom stereocenters. The Hall–Kier alpha value is -0.130. The molecule has 2 nitrogen and oxygen atoms in total. The molecule has 1 heterocycles. The molecular weight excluding hydrogens is 373 g/mol. The summed E-state index contributed by atoms with van der Waals surface area (Å²) in [7, 11) is 0. The van der Waals surface area contributed by atoms with Crippen LogP contribution in [0.2, 0.25) is 0 Å². The second kappa shape index (κ2) is 6.55. The average Bonchev–Trinajstić information content (AvgIpc) is 2.50. The molecule has 3 heteroatoms. The molecule has 1 aliphatic heterocycles. The number of hydrogen-bond donors (Lipinski definition) is 1. The van der Waals surface area contributed by atoms with Crippen LogP contribution in [0.25, 0.3) is 0 Å². The van der Waals surface area contributed by atoms with Gasteiger partial charge < -0.3 is 10.5 Å². The van der Waals surface area contributed by atoms with Crippen molar-refractivity contribution in [1.29, 1.82) is 0 Å². The number of ether oxygens (including phenoxy) is 1. The van der Waals surface area contributed by atoms with Crippen LogP contribution in [0, 0.1) is 16.4 Å². The summed E-state index contributed by atoms with van der Waals surface area (Å²) in [5, 5.41) is 0. The zero-order valence-electron chi connectivity index (χ0n) is 12.9. The van der Waals surface area contributed by atoms with Gasteiger partial charge in [-0.2, -0.15) is 0 Å². The summed E-state index contributed by atoms with van der Waals surface area (Å²) >= 11 is 2.45. The lowest BCUT2D eigenvalue weighted by atomic mass is 9.73. The van der Waals surface area contributed by atoms with E-state index in [4.69, 9.17) is 10.5 Å². The minimum Gasteiger partial charge on any atom is -0.375 e. The van der Waals surface area contributed by atoms with Gasteiger partial charge >= 0.3 is 0 Å². The first kappa shape index (κ1) is 15.8. The van der Waals surface area contributed by atoms with Gasteiger partial charge in [0.05, 0.1) is 5.60 Å². The highest BCUT2D eigenvalue weighted by Gasteiger charge is 2.40. The molecule has 0 radical (unpaired) electrons. The second-order valence-electron chi connectivity index (χ2n) is 6.85. The first-order valence-electron chi connectivity index (χ1n) is 8.26. The molecule has 1 saturated heterocycles. The molecule has 3 rings (SSSR count). The third-order valence-corrected chi connectivity index (χ3v) is 6.86.